The van der Waals surface area contributed by atoms with E-state index in [0.717, 1.165) is 28.3 Å². The van der Waals surface area contributed by atoms with Crippen LogP contribution in [0.1, 0.15) is 18.1 Å². The summed E-state index contributed by atoms with van der Waals surface area (Å²) in [6.45, 7) is 0.854. The average Bonchev–Trinajstić information content (AvgIpc) is 2.48. The number of benzene rings is 2. The van der Waals surface area contributed by atoms with E-state index >= 15 is 0 Å². The molecule has 1 atom stereocenters. The van der Waals surface area contributed by atoms with Gasteiger partial charge in [-0.1, -0.05) is 23.9 Å². The second-order valence-corrected chi connectivity index (χ2v) is 6.38. The molecule has 0 aliphatic heterocycles. The number of halogens is 1. The number of aliphatic hydroxyl groups is 1. The Hall–Kier alpha value is -1.36. The van der Waals surface area contributed by atoms with Crippen molar-refractivity contribution in [2.24, 2.45) is 0 Å². The fourth-order valence-corrected chi connectivity index (χ4v) is 2.76. The van der Waals surface area contributed by atoms with E-state index in [2.05, 4.69) is 4.90 Å². The lowest BCUT2D eigenvalue weighted by Gasteiger charge is -2.15. The summed E-state index contributed by atoms with van der Waals surface area (Å²) in [6, 6.07) is 14.3. The normalized spacial score (nSPS) is 12.6. The summed E-state index contributed by atoms with van der Waals surface area (Å²) in [6.07, 6.45) is 0.287. The molecule has 0 aliphatic carbocycles. The minimum absolute atomic E-state index is 0.223. The van der Waals surface area contributed by atoms with Crippen molar-refractivity contribution < 1.29 is 9.50 Å². The molecule has 1 N–H and O–H groups in total. The summed E-state index contributed by atoms with van der Waals surface area (Å²) in [5, 5.41) is 10.1. The second kappa shape index (κ2) is 7.59. The maximum atomic E-state index is 12.9. The van der Waals surface area contributed by atoms with Gasteiger partial charge in [-0.15, -0.1) is 0 Å². The van der Waals surface area contributed by atoms with Crippen LogP contribution < -0.4 is 0 Å². The Morgan fingerprint density at radius 3 is 2.05 bits per heavy atom. The van der Waals surface area contributed by atoms with Crippen molar-refractivity contribution in [2.75, 3.05) is 20.6 Å². The van der Waals surface area contributed by atoms with Crippen LogP contribution >= 0.6 is 11.8 Å². The minimum atomic E-state index is -0.433. The van der Waals surface area contributed by atoms with Crippen molar-refractivity contribution in [1.82, 2.24) is 4.90 Å². The standard InChI is InChI=1S/C17H20FNOS/c1-19(2)12-11-17(20)13-3-7-15(8-4-13)21-16-9-5-14(18)6-10-16/h3-10,17,20H,11-12H2,1-2H3. The summed E-state index contributed by atoms with van der Waals surface area (Å²) < 4.78 is 12.9. The first-order valence-corrected chi connectivity index (χ1v) is 7.72. The van der Waals surface area contributed by atoms with Crippen molar-refractivity contribution >= 4 is 11.8 Å². The van der Waals surface area contributed by atoms with Crippen molar-refractivity contribution in [3.8, 4) is 0 Å². The van der Waals surface area contributed by atoms with Crippen LogP contribution in [0.5, 0.6) is 0 Å². The van der Waals surface area contributed by atoms with Gasteiger partial charge in [-0.2, -0.15) is 0 Å². The predicted octanol–water partition coefficient (Wildman–Crippen LogP) is 3.96. The van der Waals surface area contributed by atoms with Crippen LogP contribution in [0.3, 0.4) is 0 Å². The highest BCUT2D eigenvalue weighted by molar-refractivity contribution is 7.99. The highest BCUT2D eigenvalue weighted by Crippen LogP contribution is 2.29. The van der Waals surface area contributed by atoms with Crippen LogP contribution in [0, 0.1) is 5.82 Å². The van der Waals surface area contributed by atoms with Gasteiger partial charge in [0.05, 0.1) is 6.10 Å². The second-order valence-electron chi connectivity index (χ2n) is 5.23. The molecule has 4 heteroatoms. The lowest BCUT2D eigenvalue weighted by molar-refractivity contribution is 0.154. The molecule has 2 rings (SSSR count). The summed E-state index contributed by atoms with van der Waals surface area (Å²) in [4.78, 5) is 4.13. The third-order valence-electron chi connectivity index (χ3n) is 3.16. The van der Waals surface area contributed by atoms with Gasteiger partial charge in [0.1, 0.15) is 5.82 Å². The SMILES string of the molecule is CN(C)CCC(O)c1ccc(Sc2ccc(F)cc2)cc1. The molecule has 0 spiro atoms. The number of nitrogens with zero attached hydrogens (tertiary/aromatic N) is 1. The molecular weight excluding hydrogens is 285 g/mol. The summed E-state index contributed by atoms with van der Waals surface area (Å²) in [7, 11) is 3.99. The Morgan fingerprint density at radius 2 is 1.52 bits per heavy atom. The molecule has 0 bridgehead atoms. The summed E-state index contributed by atoms with van der Waals surface area (Å²) in [5.41, 5.74) is 0.931. The van der Waals surface area contributed by atoms with Crippen molar-refractivity contribution in [1.29, 1.82) is 0 Å². The van der Waals surface area contributed by atoms with E-state index in [1.165, 1.54) is 12.1 Å². The van der Waals surface area contributed by atoms with Gasteiger partial charge in [0.2, 0.25) is 0 Å². The van der Waals surface area contributed by atoms with E-state index in [0.29, 0.717) is 0 Å². The fourth-order valence-electron chi connectivity index (χ4n) is 1.94. The minimum Gasteiger partial charge on any atom is -0.388 e. The molecule has 2 aromatic rings. The largest absolute Gasteiger partial charge is 0.388 e. The zero-order chi connectivity index (χ0) is 15.2. The lowest BCUT2D eigenvalue weighted by atomic mass is 10.1. The molecule has 0 amide bonds. The molecule has 0 saturated carbocycles. The maximum absolute atomic E-state index is 12.9. The predicted molar refractivity (Wildman–Crippen MR) is 85.1 cm³/mol. The first-order chi connectivity index (χ1) is 10.0. The van der Waals surface area contributed by atoms with Crippen LogP contribution in [0.2, 0.25) is 0 Å². The van der Waals surface area contributed by atoms with Gasteiger partial charge in [-0.05, 0) is 62.5 Å². The molecule has 112 valence electrons. The molecule has 0 aromatic heterocycles. The molecule has 0 aliphatic rings. The smallest absolute Gasteiger partial charge is 0.123 e. The third-order valence-corrected chi connectivity index (χ3v) is 4.18. The van der Waals surface area contributed by atoms with E-state index in [9.17, 15) is 9.50 Å². The maximum Gasteiger partial charge on any atom is 0.123 e. The van der Waals surface area contributed by atoms with Crippen molar-refractivity contribution in [3.63, 3.8) is 0 Å². The highest BCUT2D eigenvalue weighted by atomic mass is 32.2. The first kappa shape index (κ1) is 16.0. The monoisotopic (exact) mass is 305 g/mol. The van der Waals surface area contributed by atoms with Gasteiger partial charge >= 0.3 is 0 Å². The Morgan fingerprint density at radius 1 is 1.00 bits per heavy atom. The molecule has 0 saturated heterocycles. The zero-order valence-electron chi connectivity index (χ0n) is 12.3. The summed E-state index contributed by atoms with van der Waals surface area (Å²) in [5.74, 6) is -0.223. The number of aliphatic hydroxyl groups excluding tert-OH is 1. The van der Waals surface area contributed by atoms with Crippen LogP contribution in [0.4, 0.5) is 4.39 Å². The van der Waals surface area contributed by atoms with Crippen LogP contribution in [-0.2, 0) is 0 Å². The van der Waals surface area contributed by atoms with E-state index in [1.807, 2.05) is 38.4 Å². The quantitative estimate of drug-likeness (QED) is 0.874. The molecule has 0 radical (unpaired) electrons. The average molecular weight is 305 g/mol. The topological polar surface area (TPSA) is 23.5 Å². The summed E-state index contributed by atoms with van der Waals surface area (Å²) >= 11 is 1.58. The Balaban J connectivity index is 1.96. The van der Waals surface area contributed by atoms with E-state index in [-0.39, 0.29) is 5.82 Å². The Labute approximate surface area is 129 Å². The molecule has 2 nitrogen and oxygen atoms in total. The molecule has 1 unspecified atom stereocenters. The number of rotatable bonds is 6. The zero-order valence-corrected chi connectivity index (χ0v) is 13.1. The molecule has 0 fully saturated rings. The molecule has 21 heavy (non-hydrogen) atoms. The van der Waals surface area contributed by atoms with Crippen LogP contribution in [-0.4, -0.2) is 30.6 Å². The van der Waals surface area contributed by atoms with Gasteiger partial charge in [-0.25, -0.2) is 4.39 Å². The first-order valence-electron chi connectivity index (χ1n) is 6.91. The van der Waals surface area contributed by atoms with Gasteiger partial charge in [0, 0.05) is 16.3 Å². The van der Waals surface area contributed by atoms with Gasteiger partial charge < -0.3 is 10.0 Å². The molecule has 2 aromatic carbocycles. The Bertz CT molecular complexity index is 554. The molecule has 0 heterocycles. The third kappa shape index (κ3) is 5.16. The lowest BCUT2D eigenvalue weighted by Crippen LogP contribution is -2.15. The van der Waals surface area contributed by atoms with Gasteiger partial charge in [-0.3, -0.25) is 0 Å². The van der Waals surface area contributed by atoms with E-state index in [1.54, 1.807) is 23.9 Å². The van der Waals surface area contributed by atoms with Crippen molar-refractivity contribution in [2.45, 2.75) is 22.3 Å². The van der Waals surface area contributed by atoms with E-state index in [4.69, 9.17) is 0 Å². The van der Waals surface area contributed by atoms with E-state index < -0.39 is 6.10 Å². The molecular formula is C17H20FNOS. The van der Waals surface area contributed by atoms with Crippen LogP contribution in [0.15, 0.2) is 58.3 Å². The van der Waals surface area contributed by atoms with Crippen molar-refractivity contribution in [3.05, 3.63) is 59.9 Å². The number of hydrogen-bond acceptors (Lipinski definition) is 3. The van der Waals surface area contributed by atoms with Gasteiger partial charge in [0.15, 0.2) is 0 Å². The fraction of sp³-hybridized carbons (Fsp3) is 0.294. The Kier molecular flexibility index (Phi) is 5.79. The van der Waals surface area contributed by atoms with Crippen LogP contribution in [0.25, 0.3) is 0 Å². The number of hydrogen-bond donors (Lipinski definition) is 1. The van der Waals surface area contributed by atoms with Gasteiger partial charge in [0.25, 0.3) is 0 Å². The highest BCUT2D eigenvalue weighted by Gasteiger charge is 2.08.